The van der Waals surface area contributed by atoms with E-state index in [2.05, 4.69) is 21.6 Å². The molecule has 1 aromatic carbocycles. The molecule has 1 aliphatic heterocycles. The molecule has 9 nitrogen and oxygen atoms in total. The van der Waals surface area contributed by atoms with Crippen LogP contribution < -0.4 is 16.0 Å². The predicted octanol–water partition coefficient (Wildman–Crippen LogP) is 5.76. The summed E-state index contributed by atoms with van der Waals surface area (Å²) in [5.74, 6) is 0.523. The Balaban J connectivity index is 1.45. The number of amides is 1. The number of allylic oxidation sites excluding steroid dienone is 3. The molecule has 0 fully saturated rings. The first kappa shape index (κ1) is 27.0. The van der Waals surface area contributed by atoms with Gasteiger partial charge in [0.2, 0.25) is 11.0 Å². The molecule has 1 unspecified atom stereocenters. The molecule has 1 amide bonds. The van der Waals surface area contributed by atoms with E-state index in [4.69, 9.17) is 21.8 Å². The van der Waals surface area contributed by atoms with Gasteiger partial charge in [-0.15, -0.1) is 10.2 Å². The maximum absolute atomic E-state index is 13.5. The Kier molecular flexibility index (Phi) is 7.29. The van der Waals surface area contributed by atoms with Gasteiger partial charge in [0.1, 0.15) is 17.3 Å². The SMILES string of the molecule is Cc1ccc(C2C(C#N)=C(N)N(c3nnc(SCC(=O)Nc4cccc(Cl)c4)s3)C3=C2C(=O)CC(C)(C)C3)o1. The summed E-state index contributed by atoms with van der Waals surface area (Å²) in [5, 5.41) is 22.5. The monoisotopic (exact) mass is 580 g/mol. The fourth-order valence-corrected chi connectivity index (χ4v) is 6.73. The normalized spacial score (nSPS) is 18.7. The maximum atomic E-state index is 13.5. The summed E-state index contributed by atoms with van der Waals surface area (Å²) < 4.78 is 6.43. The van der Waals surface area contributed by atoms with Crippen molar-refractivity contribution in [3.63, 3.8) is 0 Å². The Bertz CT molecular complexity index is 1580. The lowest BCUT2D eigenvalue weighted by Crippen LogP contribution is -2.42. The highest BCUT2D eigenvalue weighted by molar-refractivity contribution is 8.01. The van der Waals surface area contributed by atoms with Crippen LogP contribution in [0.1, 0.15) is 44.1 Å². The quantitative estimate of drug-likeness (QED) is 0.348. The van der Waals surface area contributed by atoms with Gasteiger partial charge >= 0.3 is 0 Å². The first-order valence-electron chi connectivity index (χ1n) is 12.1. The van der Waals surface area contributed by atoms with Gasteiger partial charge in [0, 0.05) is 28.4 Å². The summed E-state index contributed by atoms with van der Waals surface area (Å²) in [5.41, 5.74) is 8.33. The van der Waals surface area contributed by atoms with E-state index in [1.807, 2.05) is 20.8 Å². The standard InChI is InChI=1S/C27H25ClN6O3S2/c1-14-7-8-20(37-14)22-17(12-29)24(30)34(18-10-27(2,3)11-19(35)23(18)22)25-32-33-26(39-25)38-13-21(36)31-16-6-4-5-15(28)9-16/h4-9,22H,10-11,13,30H2,1-3H3,(H,31,36). The van der Waals surface area contributed by atoms with E-state index in [0.717, 1.165) is 0 Å². The lowest BCUT2D eigenvalue weighted by Gasteiger charge is -2.42. The number of hydrogen-bond acceptors (Lipinski definition) is 10. The summed E-state index contributed by atoms with van der Waals surface area (Å²) >= 11 is 8.45. The van der Waals surface area contributed by atoms with Gasteiger partial charge in [0.05, 0.1) is 23.3 Å². The van der Waals surface area contributed by atoms with E-state index in [1.165, 1.54) is 23.1 Å². The van der Waals surface area contributed by atoms with Crippen LogP contribution in [-0.2, 0) is 9.59 Å². The van der Waals surface area contributed by atoms with Crippen LogP contribution in [0.4, 0.5) is 10.8 Å². The summed E-state index contributed by atoms with van der Waals surface area (Å²) in [6, 6.07) is 12.7. The number of Topliss-reactive ketones (excluding diaryl/α,β-unsaturated/α-hetero) is 1. The minimum absolute atomic E-state index is 0.0534. The van der Waals surface area contributed by atoms with E-state index >= 15 is 0 Å². The summed E-state index contributed by atoms with van der Waals surface area (Å²) in [7, 11) is 0. The number of hydrogen-bond donors (Lipinski definition) is 2. The van der Waals surface area contributed by atoms with Crippen molar-refractivity contribution in [2.24, 2.45) is 11.1 Å². The van der Waals surface area contributed by atoms with Gasteiger partial charge in [0.25, 0.3) is 0 Å². The summed E-state index contributed by atoms with van der Waals surface area (Å²) in [6.45, 7) is 5.87. The van der Waals surface area contributed by atoms with Gasteiger partial charge in [-0.1, -0.05) is 54.6 Å². The average Bonchev–Trinajstić information content (AvgIpc) is 3.50. The number of thioether (sulfide) groups is 1. The van der Waals surface area contributed by atoms with Crippen LogP contribution in [0, 0.1) is 23.7 Å². The van der Waals surface area contributed by atoms with E-state index in [1.54, 1.807) is 41.3 Å². The lowest BCUT2D eigenvalue weighted by atomic mass is 9.69. The third kappa shape index (κ3) is 5.45. The van der Waals surface area contributed by atoms with E-state index in [-0.39, 0.29) is 34.3 Å². The Hall–Kier alpha value is -3.59. The van der Waals surface area contributed by atoms with Gasteiger partial charge in [-0.05, 0) is 49.1 Å². The minimum atomic E-state index is -0.685. The molecule has 1 atom stereocenters. The third-order valence-electron chi connectivity index (χ3n) is 6.45. The van der Waals surface area contributed by atoms with Crippen molar-refractivity contribution in [3.05, 3.63) is 75.6 Å². The molecule has 200 valence electrons. The molecule has 2 aromatic heterocycles. The fourth-order valence-electron chi connectivity index (χ4n) is 4.86. The van der Waals surface area contributed by atoms with Crippen molar-refractivity contribution < 1.29 is 14.0 Å². The number of nitrogens with two attached hydrogens (primary N) is 1. The Labute approximate surface area is 238 Å². The molecule has 0 saturated heterocycles. The second-order valence-corrected chi connectivity index (χ2v) is 12.7. The third-order valence-corrected chi connectivity index (χ3v) is 8.73. The molecule has 3 heterocycles. The minimum Gasteiger partial charge on any atom is -0.465 e. The average molecular weight is 581 g/mol. The van der Waals surface area contributed by atoms with Crippen molar-refractivity contribution in [2.45, 2.75) is 43.9 Å². The molecule has 0 saturated carbocycles. The van der Waals surface area contributed by atoms with Crippen LogP contribution in [0.5, 0.6) is 0 Å². The van der Waals surface area contributed by atoms with Crippen molar-refractivity contribution >= 4 is 57.2 Å². The number of carbonyl (C=O) groups is 2. The van der Waals surface area contributed by atoms with Crippen molar-refractivity contribution in [2.75, 3.05) is 16.0 Å². The highest BCUT2D eigenvalue weighted by Crippen LogP contribution is 2.51. The predicted molar refractivity (Wildman–Crippen MR) is 151 cm³/mol. The zero-order valence-electron chi connectivity index (χ0n) is 21.4. The van der Waals surface area contributed by atoms with Crippen LogP contribution >= 0.6 is 34.7 Å². The zero-order chi connectivity index (χ0) is 27.9. The molecular formula is C27H25ClN6O3S2. The molecule has 3 aromatic rings. The molecule has 0 spiro atoms. The molecule has 1 aliphatic carbocycles. The number of nitrogens with one attached hydrogen (secondary N) is 1. The van der Waals surface area contributed by atoms with Gasteiger partial charge in [-0.25, -0.2) is 0 Å². The number of nitriles is 1. The first-order valence-corrected chi connectivity index (χ1v) is 14.3. The second kappa shape index (κ2) is 10.5. The topological polar surface area (TPSA) is 138 Å². The number of carbonyl (C=O) groups excluding carboxylic acids is 2. The van der Waals surface area contributed by atoms with Gasteiger partial charge in [-0.2, -0.15) is 5.26 Å². The molecule has 39 heavy (non-hydrogen) atoms. The molecule has 2 aliphatic rings. The Morgan fingerprint density at radius 1 is 1.33 bits per heavy atom. The van der Waals surface area contributed by atoms with Crippen LogP contribution in [0.2, 0.25) is 5.02 Å². The highest BCUT2D eigenvalue weighted by atomic mass is 35.5. The molecule has 0 radical (unpaired) electrons. The molecule has 0 bridgehead atoms. The van der Waals surface area contributed by atoms with E-state index < -0.39 is 5.92 Å². The maximum Gasteiger partial charge on any atom is 0.234 e. The summed E-state index contributed by atoms with van der Waals surface area (Å²) in [4.78, 5) is 27.7. The van der Waals surface area contributed by atoms with E-state index in [9.17, 15) is 14.9 Å². The number of nitrogens with zero attached hydrogens (tertiary/aromatic N) is 4. The first-order chi connectivity index (χ1) is 18.6. The second-order valence-electron chi connectivity index (χ2n) is 10.1. The smallest absolute Gasteiger partial charge is 0.234 e. The van der Waals surface area contributed by atoms with Crippen molar-refractivity contribution in [3.8, 4) is 6.07 Å². The Morgan fingerprint density at radius 2 is 2.13 bits per heavy atom. The molecule has 12 heteroatoms. The number of anilines is 2. The van der Waals surface area contributed by atoms with Crippen LogP contribution in [-0.4, -0.2) is 27.6 Å². The molecule has 5 rings (SSSR count). The van der Waals surface area contributed by atoms with Crippen molar-refractivity contribution in [1.82, 2.24) is 10.2 Å². The number of ketones is 1. The number of halogens is 1. The zero-order valence-corrected chi connectivity index (χ0v) is 23.8. The Morgan fingerprint density at radius 3 is 2.82 bits per heavy atom. The number of furan rings is 1. The number of aryl methyl sites for hydroxylation is 1. The molecule has 3 N–H and O–H groups in total. The fraction of sp³-hybridized carbons (Fsp3) is 0.296. The number of benzene rings is 1. The number of rotatable bonds is 6. The van der Waals surface area contributed by atoms with Crippen LogP contribution in [0.15, 0.2) is 67.8 Å². The largest absolute Gasteiger partial charge is 0.465 e. The van der Waals surface area contributed by atoms with Crippen molar-refractivity contribution in [1.29, 1.82) is 5.26 Å². The molecular weight excluding hydrogens is 556 g/mol. The number of aromatic nitrogens is 2. The van der Waals surface area contributed by atoms with E-state index in [0.29, 0.717) is 55.8 Å². The summed E-state index contributed by atoms with van der Waals surface area (Å²) in [6.07, 6.45) is 0.890. The van der Waals surface area contributed by atoms with Gasteiger partial charge in [-0.3, -0.25) is 14.5 Å². The highest BCUT2D eigenvalue weighted by Gasteiger charge is 2.46. The van der Waals surface area contributed by atoms with Crippen LogP contribution in [0.25, 0.3) is 0 Å². The lowest BCUT2D eigenvalue weighted by molar-refractivity contribution is -0.118. The van der Waals surface area contributed by atoms with Gasteiger partial charge in [0.15, 0.2) is 10.1 Å². The van der Waals surface area contributed by atoms with Gasteiger partial charge < -0.3 is 15.5 Å². The van der Waals surface area contributed by atoms with Crippen LogP contribution in [0.3, 0.4) is 0 Å².